The Hall–Kier alpha value is -3.62. The predicted octanol–water partition coefficient (Wildman–Crippen LogP) is 4.61. The van der Waals surface area contributed by atoms with E-state index >= 15 is 0 Å². The average Bonchev–Trinajstić information content (AvgIpc) is 2.95. The van der Waals surface area contributed by atoms with Crippen molar-refractivity contribution in [3.05, 3.63) is 88.6 Å². The molecule has 0 aliphatic rings. The summed E-state index contributed by atoms with van der Waals surface area (Å²) in [6.07, 6.45) is 2.90. The first kappa shape index (κ1) is 28.9. The van der Waals surface area contributed by atoms with Gasteiger partial charge in [-0.05, 0) is 60.4 Å². The minimum absolute atomic E-state index is 0.158. The lowest BCUT2D eigenvalue weighted by atomic mass is 10.0. The van der Waals surface area contributed by atoms with Crippen LogP contribution in [0.1, 0.15) is 35.6 Å². The summed E-state index contributed by atoms with van der Waals surface area (Å²) in [6.45, 7) is 1.05. The normalized spacial score (nSPS) is 11.5. The fourth-order valence-electron chi connectivity index (χ4n) is 4.08. The lowest BCUT2D eigenvalue weighted by molar-refractivity contribution is -0.141. The molecule has 1 heterocycles. The molecule has 0 aliphatic heterocycles. The van der Waals surface area contributed by atoms with E-state index in [0.29, 0.717) is 42.5 Å². The number of nitrogens with zero attached hydrogens (tertiary/aromatic N) is 2. The molecule has 2 aromatic carbocycles. The molecule has 1 aromatic heterocycles. The van der Waals surface area contributed by atoms with Crippen molar-refractivity contribution in [2.45, 2.75) is 31.8 Å². The number of benzene rings is 2. The molecule has 0 saturated carbocycles. The van der Waals surface area contributed by atoms with Crippen LogP contribution in [0.4, 0.5) is 0 Å². The van der Waals surface area contributed by atoms with E-state index in [-0.39, 0.29) is 24.8 Å². The number of ether oxygens (including phenoxy) is 3. The Morgan fingerprint density at radius 1 is 0.974 bits per heavy atom. The smallest absolute Gasteiger partial charge is 0.247 e. The average molecular weight is 540 g/mol. The number of hydrogen-bond acceptors (Lipinski definition) is 6. The first-order chi connectivity index (χ1) is 18.5. The summed E-state index contributed by atoms with van der Waals surface area (Å²) in [5, 5.41) is 3.59. The number of rotatable bonds is 14. The van der Waals surface area contributed by atoms with Crippen molar-refractivity contribution < 1.29 is 23.8 Å². The highest BCUT2D eigenvalue weighted by Gasteiger charge is 2.33. The number of carbonyl (C=O) groups is 2. The van der Waals surface area contributed by atoms with Crippen LogP contribution in [0.3, 0.4) is 0 Å². The minimum atomic E-state index is -0.939. The third-order valence-electron chi connectivity index (χ3n) is 6.08. The number of carbonyl (C=O) groups excluding carboxylic acids is 2. The van der Waals surface area contributed by atoms with Crippen LogP contribution in [0.15, 0.2) is 66.9 Å². The largest absolute Gasteiger partial charge is 0.497 e. The fraction of sp³-hybridized carbons (Fsp3) is 0.345. The molecule has 1 atom stereocenters. The molecule has 1 unspecified atom stereocenters. The van der Waals surface area contributed by atoms with Crippen molar-refractivity contribution in [3.63, 3.8) is 0 Å². The van der Waals surface area contributed by atoms with Crippen LogP contribution < -0.4 is 14.8 Å². The van der Waals surface area contributed by atoms with Gasteiger partial charge in [-0.2, -0.15) is 0 Å². The standard InChI is InChI=1S/C29H34ClN3O5/c1-36-19-5-18-33(26(34)16-11-21-9-14-24(37-2)15-10-21)27(25-6-4-17-31-29(25)38-3)28(35)32-20-22-7-12-23(30)13-8-22/h4,6-10,12-15,17,27H,5,11,16,18-20H2,1-3H3,(H,32,35). The van der Waals surface area contributed by atoms with Gasteiger partial charge >= 0.3 is 0 Å². The lowest BCUT2D eigenvalue weighted by Crippen LogP contribution is -2.44. The van der Waals surface area contributed by atoms with Gasteiger partial charge in [-0.15, -0.1) is 0 Å². The van der Waals surface area contributed by atoms with Crippen LogP contribution in [-0.4, -0.2) is 56.2 Å². The van der Waals surface area contributed by atoms with Crippen LogP contribution in [0, 0.1) is 0 Å². The van der Waals surface area contributed by atoms with Gasteiger partial charge in [0.1, 0.15) is 11.8 Å². The molecule has 0 bridgehead atoms. The zero-order chi connectivity index (χ0) is 27.3. The predicted molar refractivity (Wildman–Crippen MR) is 146 cm³/mol. The molecule has 38 heavy (non-hydrogen) atoms. The molecule has 0 radical (unpaired) electrons. The maximum absolute atomic E-state index is 13.7. The summed E-state index contributed by atoms with van der Waals surface area (Å²) in [4.78, 5) is 33.3. The van der Waals surface area contributed by atoms with Gasteiger partial charge in [0.25, 0.3) is 0 Å². The van der Waals surface area contributed by atoms with Crippen LogP contribution in [0.25, 0.3) is 0 Å². The summed E-state index contributed by atoms with van der Waals surface area (Å²) in [7, 11) is 4.72. The molecule has 9 heteroatoms. The third kappa shape index (κ3) is 8.19. The molecule has 2 amide bonds. The van der Waals surface area contributed by atoms with Gasteiger partial charge in [-0.25, -0.2) is 4.98 Å². The SMILES string of the molecule is COCCCN(C(=O)CCc1ccc(OC)cc1)C(C(=O)NCc1ccc(Cl)cc1)c1cccnc1OC. The molecule has 202 valence electrons. The van der Waals surface area contributed by atoms with Gasteiger partial charge in [0.05, 0.1) is 14.2 Å². The van der Waals surface area contributed by atoms with Gasteiger partial charge in [0.2, 0.25) is 17.7 Å². The third-order valence-corrected chi connectivity index (χ3v) is 6.33. The van der Waals surface area contributed by atoms with Crippen molar-refractivity contribution in [3.8, 4) is 11.6 Å². The van der Waals surface area contributed by atoms with Crippen LogP contribution in [0.2, 0.25) is 5.02 Å². The monoisotopic (exact) mass is 539 g/mol. The van der Waals surface area contributed by atoms with Crippen molar-refractivity contribution in [2.75, 3.05) is 34.5 Å². The molecule has 3 rings (SSSR count). The Kier molecular flexibility index (Phi) is 11.4. The topological polar surface area (TPSA) is 90.0 Å². The van der Waals surface area contributed by atoms with Gasteiger partial charge in [0, 0.05) is 50.0 Å². The highest BCUT2D eigenvalue weighted by molar-refractivity contribution is 6.30. The summed E-state index contributed by atoms with van der Waals surface area (Å²) >= 11 is 6.00. The Balaban J connectivity index is 1.87. The quantitative estimate of drug-likeness (QED) is 0.301. The summed E-state index contributed by atoms with van der Waals surface area (Å²) in [6, 6.07) is 17.4. The summed E-state index contributed by atoms with van der Waals surface area (Å²) in [5.41, 5.74) is 2.40. The van der Waals surface area contributed by atoms with Gasteiger partial charge < -0.3 is 24.4 Å². The number of halogens is 1. The molecule has 0 fully saturated rings. The number of aryl methyl sites for hydroxylation is 1. The summed E-state index contributed by atoms with van der Waals surface area (Å²) in [5.74, 6) is 0.553. The Morgan fingerprint density at radius 3 is 2.34 bits per heavy atom. The van der Waals surface area contributed by atoms with E-state index in [2.05, 4.69) is 10.3 Å². The van der Waals surface area contributed by atoms with Crippen molar-refractivity contribution in [1.29, 1.82) is 0 Å². The molecular formula is C29H34ClN3O5. The van der Waals surface area contributed by atoms with Crippen LogP contribution in [0.5, 0.6) is 11.6 Å². The van der Waals surface area contributed by atoms with E-state index in [9.17, 15) is 9.59 Å². The Morgan fingerprint density at radius 2 is 1.68 bits per heavy atom. The maximum atomic E-state index is 13.7. The van der Waals surface area contributed by atoms with E-state index in [0.717, 1.165) is 16.9 Å². The highest BCUT2D eigenvalue weighted by atomic mass is 35.5. The van der Waals surface area contributed by atoms with Crippen LogP contribution >= 0.6 is 11.6 Å². The first-order valence-electron chi connectivity index (χ1n) is 12.4. The van der Waals surface area contributed by atoms with Gasteiger partial charge in [0.15, 0.2) is 0 Å². The molecule has 3 aromatic rings. The molecule has 0 spiro atoms. The number of hydrogen-bond donors (Lipinski definition) is 1. The molecule has 0 saturated heterocycles. The Bertz CT molecular complexity index is 1170. The molecule has 0 aliphatic carbocycles. The van der Waals surface area contributed by atoms with Crippen molar-refractivity contribution in [1.82, 2.24) is 15.2 Å². The minimum Gasteiger partial charge on any atom is -0.497 e. The van der Waals surface area contributed by atoms with Crippen molar-refractivity contribution >= 4 is 23.4 Å². The maximum Gasteiger partial charge on any atom is 0.247 e. The highest BCUT2D eigenvalue weighted by Crippen LogP contribution is 2.29. The first-order valence-corrected chi connectivity index (χ1v) is 12.8. The summed E-state index contributed by atoms with van der Waals surface area (Å²) < 4.78 is 15.9. The van der Waals surface area contributed by atoms with Gasteiger partial charge in [-0.1, -0.05) is 35.9 Å². The number of nitrogens with one attached hydrogen (secondary N) is 1. The van der Waals surface area contributed by atoms with E-state index in [4.69, 9.17) is 25.8 Å². The second kappa shape index (κ2) is 15.0. The van der Waals surface area contributed by atoms with Gasteiger partial charge in [-0.3, -0.25) is 9.59 Å². The van der Waals surface area contributed by atoms with E-state index in [1.54, 1.807) is 49.6 Å². The zero-order valence-electron chi connectivity index (χ0n) is 22.0. The number of methoxy groups -OCH3 is 3. The van der Waals surface area contributed by atoms with E-state index < -0.39 is 6.04 Å². The molecule has 8 nitrogen and oxygen atoms in total. The van der Waals surface area contributed by atoms with E-state index in [1.165, 1.54) is 7.11 Å². The lowest BCUT2D eigenvalue weighted by Gasteiger charge is -2.32. The molecule has 1 N–H and O–H groups in total. The van der Waals surface area contributed by atoms with E-state index in [1.807, 2.05) is 36.4 Å². The van der Waals surface area contributed by atoms with Crippen molar-refractivity contribution in [2.24, 2.45) is 0 Å². The number of pyridine rings is 1. The molecular weight excluding hydrogens is 506 g/mol. The Labute approximate surface area is 228 Å². The van der Waals surface area contributed by atoms with Crippen LogP contribution in [-0.2, 0) is 27.3 Å². The number of aromatic nitrogens is 1. The second-order valence-electron chi connectivity index (χ2n) is 8.63. The second-order valence-corrected chi connectivity index (χ2v) is 9.07. The fourth-order valence-corrected chi connectivity index (χ4v) is 4.21. The zero-order valence-corrected chi connectivity index (χ0v) is 22.7. The number of amides is 2.